The average molecular weight is 301 g/mol. The van der Waals surface area contributed by atoms with E-state index in [1.165, 1.54) is 6.07 Å². The number of halogens is 3. The zero-order valence-electron chi connectivity index (χ0n) is 8.45. The molecule has 2 aromatic rings. The second-order valence-corrected chi connectivity index (χ2v) is 4.57. The Hall–Kier alpha value is -1.09. The highest BCUT2D eigenvalue weighted by molar-refractivity contribution is 6.35. The van der Waals surface area contributed by atoms with E-state index < -0.39 is 0 Å². The Morgan fingerprint density at radius 2 is 1.41 bits per heavy atom. The molecule has 5 heteroatoms. The fraction of sp³-hybridized carbons (Fsp3) is 0. The highest BCUT2D eigenvalue weighted by Crippen LogP contribution is 2.36. The molecule has 0 fully saturated rings. The molecule has 2 aromatic carbocycles. The van der Waals surface area contributed by atoms with E-state index in [-0.39, 0.29) is 11.5 Å². The van der Waals surface area contributed by atoms with E-state index in [0.717, 1.165) is 0 Å². The Kier molecular flexibility index (Phi) is 3.67. The Labute approximate surface area is 113 Å². The molecule has 0 aliphatic carbocycles. The normalized spacial score (nSPS) is 10.3. The lowest BCUT2D eigenvalue weighted by atomic mass is 11.2. The van der Waals surface area contributed by atoms with Crippen molar-refractivity contribution in [3.8, 4) is 17.2 Å². The lowest BCUT2D eigenvalue weighted by molar-refractivity contribution is 0.411. The maximum atomic E-state index is 9.62. The van der Waals surface area contributed by atoms with Gasteiger partial charge in [0.25, 0.3) is 0 Å². The molecule has 0 aliphatic heterocycles. The highest BCUT2D eigenvalue weighted by atomic mass is 35.5. The van der Waals surface area contributed by atoms with Crippen molar-refractivity contribution >= 4 is 34.8 Å². The number of ether oxygens (including phenoxy) is 1. The summed E-state index contributed by atoms with van der Waals surface area (Å²) < 4.78 is 5.45. The van der Waals surface area contributed by atoms with E-state index in [1.807, 2.05) is 0 Å². The Morgan fingerprint density at radius 1 is 0.824 bits per heavy atom. The molecule has 0 radical (unpaired) electrons. The van der Waals surface area contributed by atoms with Gasteiger partial charge in [-0.2, -0.15) is 0 Å². The predicted molar refractivity (Wildman–Crippen MR) is 69.7 cm³/mol. The monoisotopic (exact) mass is 300 g/mol. The number of phenolic OH excluding ortho intramolecular Hbond substituents is 1. The summed E-state index contributed by atoms with van der Waals surface area (Å²) >= 11 is 17.4. The van der Waals surface area contributed by atoms with Gasteiger partial charge >= 0.3 is 0 Å². The fourth-order valence-electron chi connectivity index (χ4n) is 1.25. The van der Waals surface area contributed by atoms with Gasteiger partial charge in [-0.3, -0.25) is 0 Å². The molecule has 2 nitrogen and oxygen atoms in total. The van der Waals surface area contributed by atoms with Crippen LogP contribution in [0, 0.1) is 0 Å². The molecular formula is C12H7Cl3O2. The van der Waals surface area contributed by atoms with Crippen molar-refractivity contribution in [2.24, 2.45) is 0 Å². The van der Waals surface area contributed by atoms with Gasteiger partial charge in [-0.15, -0.1) is 0 Å². The maximum Gasteiger partial charge on any atom is 0.169 e. The van der Waals surface area contributed by atoms with Crippen molar-refractivity contribution in [1.82, 2.24) is 0 Å². The van der Waals surface area contributed by atoms with E-state index in [4.69, 9.17) is 39.5 Å². The summed E-state index contributed by atoms with van der Waals surface area (Å²) in [6.45, 7) is 0. The summed E-state index contributed by atoms with van der Waals surface area (Å²) in [6.07, 6.45) is 0. The van der Waals surface area contributed by atoms with Gasteiger partial charge in [0.15, 0.2) is 11.5 Å². The van der Waals surface area contributed by atoms with Gasteiger partial charge in [-0.1, -0.05) is 34.8 Å². The van der Waals surface area contributed by atoms with Crippen LogP contribution in [-0.4, -0.2) is 5.11 Å². The van der Waals surface area contributed by atoms with Gasteiger partial charge in [0.2, 0.25) is 0 Å². The smallest absolute Gasteiger partial charge is 0.169 e. The molecule has 2 rings (SSSR count). The van der Waals surface area contributed by atoms with E-state index in [0.29, 0.717) is 20.8 Å². The topological polar surface area (TPSA) is 29.5 Å². The van der Waals surface area contributed by atoms with Crippen LogP contribution in [0.5, 0.6) is 17.2 Å². The summed E-state index contributed by atoms with van der Waals surface area (Å²) in [5.41, 5.74) is 0. The molecule has 88 valence electrons. The summed E-state index contributed by atoms with van der Waals surface area (Å²) in [4.78, 5) is 0. The standard InChI is InChI=1S/C12H7Cl3O2/c13-7-1-3-11(9(15)5-7)17-12-4-2-8(14)6-10(12)16/h1-6,16H/i1+1,2+1,3+1,4+1,5+1,6+1,7+1,8+1,9+1,10+1,11+1,12+1. The van der Waals surface area contributed by atoms with E-state index in [2.05, 4.69) is 0 Å². The zero-order chi connectivity index (χ0) is 12.4. The first-order valence-corrected chi connectivity index (χ1v) is 5.81. The first-order chi connectivity index (χ1) is 8.06. The molecule has 0 saturated carbocycles. The van der Waals surface area contributed by atoms with E-state index in [1.54, 1.807) is 30.3 Å². The molecule has 0 atom stereocenters. The zero-order valence-corrected chi connectivity index (χ0v) is 10.7. The van der Waals surface area contributed by atoms with Crippen molar-refractivity contribution in [1.29, 1.82) is 0 Å². The molecule has 0 aromatic heterocycles. The summed E-state index contributed by atoms with van der Waals surface area (Å²) in [7, 11) is 0. The molecule has 17 heavy (non-hydrogen) atoms. The van der Waals surface area contributed by atoms with Crippen molar-refractivity contribution in [2.75, 3.05) is 0 Å². The minimum absolute atomic E-state index is 0.0523. The summed E-state index contributed by atoms with van der Waals surface area (Å²) in [5.74, 6) is 0.635. The van der Waals surface area contributed by atoms with Crippen molar-refractivity contribution in [2.45, 2.75) is 0 Å². The predicted octanol–water partition coefficient (Wildman–Crippen LogP) is 5.14. The minimum atomic E-state index is -0.0523. The minimum Gasteiger partial charge on any atom is -0.504 e. The van der Waals surface area contributed by atoms with Crippen LogP contribution in [-0.2, 0) is 0 Å². The van der Waals surface area contributed by atoms with Gasteiger partial charge in [0.05, 0.1) is 5.02 Å². The van der Waals surface area contributed by atoms with Crippen LogP contribution in [0.15, 0.2) is 36.4 Å². The molecule has 0 aliphatic rings. The van der Waals surface area contributed by atoms with Gasteiger partial charge in [0, 0.05) is 16.1 Å². The quantitative estimate of drug-likeness (QED) is 0.831. The van der Waals surface area contributed by atoms with Crippen LogP contribution in [0.1, 0.15) is 0 Å². The summed E-state index contributed by atoms with van der Waals surface area (Å²) in [6, 6.07) is 9.39. The Balaban J connectivity index is 2.31. The van der Waals surface area contributed by atoms with Crippen LogP contribution < -0.4 is 4.74 Å². The lowest BCUT2D eigenvalue weighted by Crippen LogP contribution is -1.86. The first-order valence-electron chi connectivity index (χ1n) is 4.67. The van der Waals surface area contributed by atoms with Crippen molar-refractivity contribution in [3.63, 3.8) is 0 Å². The fourth-order valence-corrected chi connectivity index (χ4v) is 1.87. The lowest BCUT2D eigenvalue weighted by Gasteiger charge is -2.09. The van der Waals surface area contributed by atoms with Crippen LogP contribution in [0.3, 0.4) is 0 Å². The third-order valence-corrected chi connectivity index (χ3v) is 2.80. The van der Waals surface area contributed by atoms with Crippen LogP contribution in [0.2, 0.25) is 15.1 Å². The first kappa shape index (κ1) is 12.4. The molecule has 0 amide bonds. The third kappa shape index (κ3) is 2.97. The number of benzene rings is 2. The van der Waals surface area contributed by atoms with Crippen molar-refractivity contribution < 1.29 is 9.84 Å². The van der Waals surface area contributed by atoms with E-state index in [9.17, 15) is 5.11 Å². The third-order valence-electron chi connectivity index (χ3n) is 2.03. The molecule has 0 saturated heterocycles. The highest BCUT2D eigenvalue weighted by Gasteiger charge is 2.08. The SMILES string of the molecule is O[13c]1[13cH][13c](Cl)[13cH][13cH][13c]1O[13c]1[13cH][13cH][13c](Cl)[13cH][13c]1Cl. The molecule has 1 N–H and O–H groups in total. The Morgan fingerprint density at radius 3 is 2.00 bits per heavy atom. The maximum absolute atomic E-state index is 9.62. The van der Waals surface area contributed by atoms with Gasteiger partial charge in [-0.25, -0.2) is 0 Å². The number of phenols is 1. The van der Waals surface area contributed by atoms with Gasteiger partial charge in [-0.05, 0) is 30.3 Å². The van der Waals surface area contributed by atoms with Gasteiger partial charge < -0.3 is 9.84 Å². The molecular weight excluding hydrogens is 294 g/mol. The number of hydrogen-bond donors (Lipinski definition) is 1. The number of hydrogen-bond acceptors (Lipinski definition) is 2. The largest absolute Gasteiger partial charge is 0.504 e. The summed E-state index contributed by atoms with van der Waals surface area (Å²) in [5, 5.41) is 10.9. The van der Waals surface area contributed by atoms with Crippen LogP contribution in [0.25, 0.3) is 0 Å². The van der Waals surface area contributed by atoms with Crippen LogP contribution in [0.4, 0.5) is 0 Å². The second kappa shape index (κ2) is 5.05. The van der Waals surface area contributed by atoms with E-state index >= 15 is 0 Å². The molecule has 0 heterocycles. The Bertz CT molecular complexity index is 506. The second-order valence-electron chi connectivity index (χ2n) is 3.29. The number of aromatic hydroxyl groups is 1. The van der Waals surface area contributed by atoms with Gasteiger partial charge in [0.1, 0.15) is 5.75 Å². The number of rotatable bonds is 2. The molecule has 0 bridgehead atoms. The average Bonchev–Trinajstić information content (AvgIpc) is 2.25. The molecule has 0 unspecified atom stereocenters. The van der Waals surface area contributed by atoms with Crippen LogP contribution >= 0.6 is 34.8 Å². The van der Waals surface area contributed by atoms with Crippen molar-refractivity contribution in [3.05, 3.63) is 51.5 Å². The molecule has 0 spiro atoms.